The van der Waals surface area contributed by atoms with E-state index in [1.807, 2.05) is 6.92 Å². The Balaban J connectivity index is 1.73. The van der Waals surface area contributed by atoms with Crippen molar-refractivity contribution in [2.45, 2.75) is 6.92 Å². The average molecular weight is 447 g/mol. The second-order valence-corrected chi connectivity index (χ2v) is 7.54. The van der Waals surface area contributed by atoms with E-state index in [4.69, 9.17) is 21.1 Å². The molecule has 0 saturated carbocycles. The van der Waals surface area contributed by atoms with Gasteiger partial charge in [-0.1, -0.05) is 29.8 Å². The lowest BCUT2D eigenvalue weighted by Crippen LogP contribution is -2.36. The van der Waals surface area contributed by atoms with Crippen LogP contribution in [0.3, 0.4) is 0 Å². The van der Waals surface area contributed by atoms with E-state index in [1.165, 1.54) is 7.11 Å². The van der Waals surface area contributed by atoms with Crippen LogP contribution in [0.4, 0.5) is 10.5 Å². The summed E-state index contributed by atoms with van der Waals surface area (Å²) in [4.78, 5) is 38.3. The molecule has 30 heavy (non-hydrogen) atoms. The largest absolute Gasteiger partial charge is 0.493 e. The molecule has 7 nitrogen and oxygen atoms in total. The number of thioether (sulfide) groups is 1. The molecule has 1 N–H and O–H groups in total. The lowest BCUT2D eigenvalue weighted by Gasteiger charge is -2.13. The fourth-order valence-corrected chi connectivity index (χ4v) is 3.75. The van der Waals surface area contributed by atoms with E-state index in [9.17, 15) is 14.4 Å². The molecular formula is C21H19ClN2O5S. The van der Waals surface area contributed by atoms with Gasteiger partial charge in [0, 0.05) is 0 Å². The molecule has 1 heterocycles. The SMILES string of the molecule is CCOc1ccc(/C=C2/SC(=O)N(CC(=O)Nc3ccccc3Cl)C2=O)cc1OC. The van der Waals surface area contributed by atoms with Crippen LogP contribution in [0.2, 0.25) is 5.02 Å². The highest BCUT2D eigenvalue weighted by Crippen LogP contribution is 2.34. The molecule has 1 fully saturated rings. The molecule has 0 radical (unpaired) electrons. The van der Waals surface area contributed by atoms with Gasteiger partial charge in [0.25, 0.3) is 11.1 Å². The normalized spacial score (nSPS) is 14.9. The molecule has 0 atom stereocenters. The number of hydrogen-bond acceptors (Lipinski definition) is 6. The number of carbonyl (C=O) groups excluding carboxylic acids is 3. The van der Waals surface area contributed by atoms with E-state index >= 15 is 0 Å². The summed E-state index contributed by atoms with van der Waals surface area (Å²) in [6.45, 7) is 1.95. The fraction of sp³-hybridized carbons (Fsp3) is 0.190. The predicted molar refractivity (Wildman–Crippen MR) is 117 cm³/mol. The number of halogens is 1. The van der Waals surface area contributed by atoms with Gasteiger partial charge in [0.2, 0.25) is 5.91 Å². The van der Waals surface area contributed by atoms with E-state index in [-0.39, 0.29) is 4.91 Å². The number of para-hydroxylation sites is 1. The summed E-state index contributed by atoms with van der Waals surface area (Å²) in [5.74, 6) is 0.0481. The number of methoxy groups -OCH3 is 1. The van der Waals surface area contributed by atoms with Gasteiger partial charge in [0.05, 0.1) is 29.3 Å². The first-order chi connectivity index (χ1) is 14.4. The Hall–Kier alpha value is -2.97. The number of rotatable bonds is 7. The van der Waals surface area contributed by atoms with Crippen LogP contribution < -0.4 is 14.8 Å². The molecule has 2 aromatic rings. The van der Waals surface area contributed by atoms with Crippen LogP contribution in [0, 0.1) is 0 Å². The van der Waals surface area contributed by atoms with Crippen LogP contribution in [-0.4, -0.2) is 42.2 Å². The maximum Gasteiger partial charge on any atom is 0.294 e. The molecule has 0 spiro atoms. The van der Waals surface area contributed by atoms with Crippen molar-refractivity contribution < 1.29 is 23.9 Å². The van der Waals surface area contributed by atoms with E-state index in [1.54, 1.807) is 48.5 Å². The summed E-state index contributed by atoms with van der Waals surface area (Å²) < 4.78 is 10.8. The molecule has 0 aromatic heterocycles. The van der Waals surface area contributed by atoms with Crippen molar-refractivity contribution in [3.05, 3.63) is 58.0 Å². The van der Waals surface area contributed by atoms with Crippen molar-refractivity contribution >= 4 is 52.2 Å². The van der Waals surface area contributed by atoms with Crippen LogP contribution >= 0.6 is 23.4 Å². The Labute approximate surface area is 183 Å². The summed E-state index contributed by atoms with van der Waals surface area (Å²) in [7, 11) is 1.52. The molecular weight excluding hydrogens is 428 g/mol. The zero-order valence-electron chi connectivity index (χ0n) is 16.3. The number of amides is 3. The third-order valence-corrected chi connectivity index (χ3v) is 5.35. The van der Waals surface area contributed by atoms with Gasteiger partial charge in [-0.2, -0.15) is 0 Å². The van der Waals surface area contributed by atoms with Crippen LogP contribution in [0.1, 0.15) is 12.5 Å². The van der Waals surface area contributed by atoms with Gasteiger partial charge in [0.15, 0.2) is 11.5 Å². The molecule has 2 aromatic carbocycles. The monoisotopic (exact) mass is 446 g/mol. The highest BCUT2D eigenvalue weighted by Gasteiger charge is 2.36. The molecule has 1 saturated heterocycles. The highest BCUT2D eigenvalue weighted by molar-refractivity contribution is 8.18. The van der Waals surface area contributed by atoms with Crippen molar-refractivity contribution in [1.82, 2.24) is 4.90 Å². The van der Waals surface area contributed by atoms with Gasteiger partial charge in [-0.3, -0.25) is 19.3 Å². The standard InChI is InChI=1S/C21H19ClN2O5S/c1-3-29-16-9-8-13(10-17(16)28-2)11-18-20(26)24(21(27)30-18)12-19(25)23-15-7-5-4-6-14(15)22/h4-11H,3,12H2,1-2H3,(H,23,25)/b18-11+. The van der Waals surface area contributed by atoms with Crippen LogP contribution in [0.5, 0.6) is 11.5 Å². The average Bonchev–Trinajstić information content (AvgIpc) is 2.98. The number of carbonyl (C=O) groups is 3. The molecule has 1 aliphatic rings. The van der Waals surface area contributed by atoms with Crippen molar-refractivity contribution in [3.8, 4) is 11.5 Å². The summed E-state index contributed by atoms with van der Waals surface area (Å²) in [5.41, 5.74) is 1.08. The number of imide groups is 1. The Morgan fingerprint density at radius 1 is 1.20 bits per heavy atom. The van der Waals surface area contributed by atoms with E-state index in [0.29, 0.717) is 34.4 Å². The summed E-state index contributed by atoms with van der Waals surface area (Å²) in [6, 6.07) is 11.9. The van der Waals surface area contributed by atoms with Gasteiger partial charge in [0.1, 0.15) is 6.54 Å². The quantitative estimate of drug-likeness (QED) is 0.633. The van der Waals surface area contributed by atoms with Crippen molar-refractivity contribution in [3.63, 3.8) is 0 Å². The number of benzene rings is 2. The maximum absolute atomic E-state index is 12.7. The number of nitrogens with zero attached hydrogens (tertiary/aromatic N) is 1. The first-order valence-corrected chi connectivity index (χ1v) is 10.2. The van der Waals surface area contributed by atoms with Crippen LogP contribution in [0.25, 0.3) is 6.08 Å². The molecule has 1 aliphatic heterocycles. The minimum atomic E-state index is -0.535. The summed E-state index contributed by atoms with van der Waals surface area (Å²) >= 11 is 6.79. The summed E-state index contributed by atoms with van der Waals surface area (Å²) in [6.07, 6.45) is 1.58. The van der Waals surface area contributed by atoms with Gasteiger partial charge in [-0.05, 0) is 54.6 Å². The van der Waals surface area contributed by atoms with Crippen LogP contribution in [0.15, 0.2) is 47.4 Å². The first-order valence-electron chi connectivity index (χ1n) is 9.03. The minimum absolute atomic E-state index is 0.219. The topological polar surface area (TPSA) is 84.9 Å². The van der Waals surface area contributed by atoms with Gasteiger partial charge >= 0.3 is 0 Å². The zero-order valence-corrected chi connectivity index (χ0v) is 17.9. The van der Waals surface area contributed by atoms with Crippen molar-refractivity contribution in [2.75, 3.05) is 25.6 Å². The van der Waals surface area contributed by atoms with Gasteiger partial charge < -0.3 is 14.8 Å². The molecule has 156 valence electrons. The lowest BCUT2D eigenvalue weighted by molar-refractivity contribution is -0.127. The molecule has 3 amide bonds. The molecule has 9 heteroatoms. The molecule has 0 unspecified atom stereocenters. The Kier molecular flexibility index (Phi) is 7.02. The first kappa shape index (κ1) is 21.7. The van der Waals surface area contributed by atoms with E-state index < -0.39 is 23.6 Å². The predicted octanol–water partition coefficient (Wildman–Crippen LogP) is 4.42. The third-order valence-electron chi connectivity index (χ3n) is 4.11. The zero-order chi connectivity index (χ0) is 21.7. The van der Waals surface area contributed by atoms with E-state index in [2.05, 4.69) is 5.32 Å². The van der Waals surface area contributed by atoms with Crippen molar-refractivity contribution in [1.29, 1.82) is 0 Å². The van der Waals surface area contributed by atoms with Gasteiger partial charge in [-0.15, -0.1) is 0 Å². The number of anilines is 1. The number of ether oxygens (including phenoxy) is 2. The molecule has 3 rings (SSSR count). The molecule has 0 aliphatic carbocycles. The highest BCUT2D eigenvalue weighted by atomic mass is 35.5. The third kappa shape index (κ3) is 4.95. The Morgan fingerprint density at radius 2 is 1.97 bits per heavy atom. The van der Waals surface area contributed by atoms with Crippen molar-refractivity contribution in [2.24, 2.45) is 0 Å². The molecule has 0 bridgehead atoms. The lowest BCUT2D eigenvalue weighted by atomic mass is 10.2. The van der Waals surface area contributed by atoms with Crippen LogP contribution in [-0.2, 0) is 9.59 Å². The number of hydrogen-bond donors (Lipinski definition) is 1. The second-order valence-electron chi connectivity index (χ2n) is 6.14. The smallest absolute Gasteiger partial charge is 0.294 e. The fourth-order valence-electron chi connectivity index (χ4n) is 2.73. The Bertz CT molecular complexity index is 1020. The van der Waals surface area contributed by atoms with Gasteiger partial charge in [-0.25, -0.2) is 0 Å². The maximum atomic E-state index is 12.7. The number of nitrogens with one attached hydrogen (secondary N) is 1. The second kappa shape index (κ2) is 9.69. The van der Waals surface area contributed by atoms with E-state index in [0.717, 1.165) is 16.7 Å². The summed E-state index contributed by atoms with van der Waals surface area (Å²) in [5, 5.41) is 2.45. The minimum Gasteiger partial charge on any atom is -0.493 e. The Morgan fingerprint density at radius 3 is 2.67 bits per heavy atom.